The topological polar surface area (TPSA) is 38.4 Å². The quantitative estimate of drug-likeness (QED) is 0.488. The molecule has 0 aliphatic carbocycles. The first-order chi connectivity index (χ1) is 5.13. The second kappa shape index (κ2) is 4.72. The Hall–Kier alpha value is -1.05. The summed E-state index contributed by atoms with van der Waals surface area (Å²) in [6.45, 7) is 9.61. The second-order valence-electron chi connectivity index (χ2n) is 2.60. The second-order valence-corrected chi connectivity index (χ2v) is 2.60. The molecule has 0 rings (SSSR count). The third-order valence-electron chi connectivity index (χ3n) is 1.46. The van der Waals surface area contributed by atoms with Crippen LogP contribution >= 0.6 is 0 Å². The summed E-state index contributed by atoms with van der Waals surface area (Å²) in [5.41, 5.74) is 6.72. The molecule has 0 aromatic carbocycles. The molecule has 0 aliphatic rings. The summed E-state index contributed by atoms with van der Waals surface area (Å²) in [7, 11) is 0. The van der Waals surface area contributed by atoms with E-state index in [1.54, 1.807) is 0 Å². The van der Waals surface area contributed by atoms with E-state index < -0.39 is 0 Å². The van der Waals surface area contributed by atoms with E-state index >= 15 is 0 Å². The van der Waals surface area contributed by atoms with Crippen LogP contribution in [-0.4, -0.2) is 5.84 Å². The van der Waals surface area contributed by atoms with Gasteiger partial charge < -0.3 is 5.73 Å². The molecular formula is C9H16N2. The Morgan fingerprint density at radius 2 is 2.09 bits per heavy atom. The number of amidine groups is 1. The predicted octanol–water partition coefficient (Wildman–Crippen LogP) is 2.09. The Bertz CT molecular complexity index is 188. The Morgan fingerprint density at radius 1 is 1.55 bits per heavy atom. The van der Waals surface area contributed by atoms with Crippen LogP contribution in [0.3, 0.4) is 0 Å². The molecule has 0 atom stereocenters. The van der Waals surface area contributed by atoms with Gasteiger partial charge in [-0.05, 0) is 18.4 Å². The molecule has 0 spiro atoms. The van der Waals surface area contributed by atoms with Crippen LogP contribution in [0.15, 0.2) is 29.4 Å². The summed E-state index contributed by atoms with van der Waals surface area (Å²) >= 11 is 0. The number of nitrogens with two attached hydrogens (primary N) is 1. The van der Waals surface area contributed by atoms with Crippen LogP contribution in [-0.2, 0) is 0 Å². The minimum atomic E-state index is 0.420. The maximum atomic E-state index is 5.65. The highest BCUT2D eigenvalue weighted by molar-refractivity contribution is 5.97. The zero-order valence-electron chi connectivity index (χ0n) is 7.46. The fourth-order valence-corrected chi connectivity index (χ4v) is 0.950. The zero-order valence-corrected chi connectivity index (χ0v) is 7.46. The van der Waals surface area contributed by atoms with Crippen molar-refractivity contribution in [1.82, 2.24) is 0 Å². The van der Waals surface area contributed by atoms with Crippen LogP contribution in [0.4, 0.5) is 0 Å². The molecule has 0 radical (unpaired) electrons. The Kier molecular flexibility index (Phi) is 4.27. The molecule has 0 fully saturated rings. The highest BCUT2D eigenvalue weighted by atomic mass is 14.8. The molecule has 11 heavy (non-hydrogen) atoms. The minimum Gasteiger partial charge on any atom is -0.383 e. The molecule has 0 bridgehead atoms. The maximum absolute atomic E-state index is 5.65. The average Bonchev–Trinajstić information content (AvgIpc) is 1.88. The number of aliphatic imine (C=N–C) groups is 1. The lowest BCUT2D eigenvalue weighted by Crippen LogP contribution is -2.17. The number of nitrogens with zero attached hydrogens (tertiary/aromatic N) is 1. The zero-order chi connectivity index (χ0) is 8.85. The van der Waals surface area contributed by atoms with Gasteiger partial charge in [-0.2, -0.15) is 0 Å². The van der Waals surface area contributed by atoms with E-state index in [9.17, 15) is 0 Å². The van der Waals surface area contributed by atoms with Crippen LogP contribution in [0, 0.1) is 5.92 Å². The van der Waals surface area contributed by atoms with Crippen molar-refractivity contribution in [3.63, 3.8) is 0 Å². The molecule has 0 aromatic rings. The molecular weight excluding hydrogens is 136 g/mol. The lowest BCUT2D eigenvalue weighted by Gasteiger charge is -2.08. The summed E-state index contributed by atoms with van der Waals surface area (Å²) in [6, 6.07) is 0. The SMILES string of the molecule is C=CN=C(N)/C(=C\C)C(C)C. The molecule has 62 valence electrons. The largest absolute Gasteiger partial charge is 0.383 e. The van der Waals surface area contributed by atoms with E-state index in [4.69, 9.17) is 5.73 Å². The highest BCUT2D eigenvalue weighted by Gasteiger charge is 2.04. The van der Waals surface area contributed by atoms with Gasteiger partial charge in [0.25, 0.3) is 0 Å². The number of hydrogen-bond acceptors (Lipinski definition) is 1. The van der Waals surface area contributed by atoms with E-state index in [1.807, 2.05) is 13.0 Å². The van der Waals surface area contributed by atoms with Gasteiger partial charge in [0, 0.05) is 6.20 Å². The van der Waals surface area contributed by atoms with Gasteiger partial charge in [0.2, 0.25) is 0 Å². The molecule has 0 aromatic heterocycles. The first-order valence-electron chi connectivity index (χ1n) is 3.74. The van der Waals surface area contributed by atoms with Crippen LogP contribution in [0.25, 0.3) is 0 Å². The van der Waals surface area contributed by atoms with Gasteiger partial charge in [-0.1, -0.05) is 26.5 Å². The predicted molar refractivity (Wildman–Crippen MR) is 50.4 cm³/mol. The van der Waals surface area contributed by atoms with Crippen LogP contribution in [0.2, 0.25) is 0 Å². The average molecular weight is 152 g/mol. The molecule has 2 nitrogen and oxygen atoms in total. The first kappa shape index (κ1) is 9.95. The van der Waals surface area contributed by atoms with Crippen LogP contribution < -0.4 is 5.73 Å². The van der Waals surface area contributed by atoms with Gasteiger partial charge in [0.1, 0.15) is 5.84 Å². The summed E-state index contributed by atoms with van der Waals surface area (Å²) in [4.78, 5) is 3.91. The lowest BCUT2D eigenvalue weighted by atomic mass is 10.0. The molecule has 0 amide bonds. The van der Waals surface area contributed by atoms with Gasteiger partial charge >= 0.3 is 0 Å². The first-order valence-corrected chi connectivity index (χ1v) is 3.74. The fraction of sp³-hybridized carbons (Fsp3) is 0.444. The van der Waals surface area contributed by atoms with Crippen molar-refractivity contribution >= 4 is 5.84 Å². The summed E-state index contributed by atoms with van der Waals surface area (Å²) in [5.74, 6) is 0.987. The van der Waals surface area contributed by atoms with Gasteiger partial charge in [0.05, 0.1) is 0 Å². The normalized spacial score (nSPS) is 13.8. The van der Waals surface area contributed by atoms with E-state index in [0.717, 1.165) is 5.57 Å². The maximum Gasteiger partial charge on any atom is 0.126 e. The number of allylic oxidation sites excluding steroid dienone is 1. The van der Waals surface area contributed by atoms with Gasteiger partial charge in [-0.25, -0.2) is 4.99 Å². The molecule has 0 aliphatic heterocycles. The number of hydrogen-bond donors (Lipinski definition) is 1. The van der Waals surface area contributed by atoms with Crippen LogP contribution in [0.5, 0.6) is 0 Å². The third-order valence-corrected chi connectivity index (χ3v) is 1.46. The van der Waals surface area contributed by atoms with E-state index in [2.05, 4.69) is 25.4 Å². The van der Waals surface area contributed by atoms with Crippen molar-refractivity contribution in [3.05, 3.63) is 24.4 Å². The molecule has 2 heteroatoms. The standard InChI is InChI=1S/C9H16N2/c1-5-8(7(3)4)9(10)11-6-2/h5-7H,2H2,1,3-4H3,(H2,10,11)/b8-5-. The van der Waals surface area contributed by atoms with Crippen molar-refractivity contribution in [3.8, 4) is 0 Å². The summed E-state index contributed by atoms with van der Waals surface area (Å²) in [5, 5.41) is 0. The Labute approximate surface area is 68.5 Å². The third kappa shape index (κ3) is 3.03. The van der Waals surface area contributed by atoms with Crippen LogP contribution in [0.1, 0.15) is 20.8 Å². The molecule has 0 unspecified atom stereocenters. The van der Waals surface area contributed by atoms with E-state index in [0.29, 0.717) is 11.8 Å². The van der Waals surface area contributed by atoms with Crippen molar-refractivity contribution < 1.29 is 0 Å². The lowest BCUT2D eigenvalue weighted by molar-refractivity contribution is 0.798. The molecule has 0 saturated carbocycles. The highest BCUT2D eigenvalue weighted by Crippen LogP contribution is 2.08. The molecule has 0 saturated heterocycles. The summed E-state index contributed by atoms with van der Waals surface area (Å²) < 4.78 is 0. The Balaban J connectivity index is 4.53. The van der Waals surface area contributed by atoms with Crippen molar-refractivity contribution in [2.24, 2.45) is 16.6 Å². The van der Waals surface area contributed by atoms with Gasteiger partial charge in [0.15, 0.2) is 0 Å². The van der Waals surface area contributed by atoms with E-state index in [1.165, 1.54) is 6.20 Å². The van der Waals surface area contributed by atoms with Gasteiger partial charge in [-0.15, -0.1) is 0 Å². The minimum absolute atomic E-state index is 0.420. The monoisotopic (exact) mass is 152 g/mol. The smallest absolute Gasteiger partial charge is 0.126 e. The molecule has 2 N–H and O–H groups in total. The van der Waals surface area contributed by atoms with Gasteiger partial charge in [-0.3, -0.25) is 0 Å². The van der Waals surface area contributed by atoms with E-state index in [-0.39, 0.29) is 0 Å². The summed E-state index contributed by atoms with van der Waals surface area (Å²) in [6.07, 6.45) is 3.44. The number of rotatable bonds is 3. The van der Waals surface area contributed by atoms with Crippen molar-refractivity contribution in [2.75, 3.05) is 0 Å². The fourth-order valence-electron chi connectivity index (χ4n) is 0.950. The Morgan fingerprint density at radius 3 is 2.36 bits per heavy atom. The van der Waals surface area contributed by atoms with Crippen molar-refractivity contribution in [1.29, 1.82) is 0 Å². The molecule has 0 heterocycles. The van der Waals surface area contributed by atoms with Crippen molar-refractivity contribution in [2.45, 2.75) is 20.8 Å².